The van der Waals surface area contributed by atoms with Crippen LogP contribution in [0.5, 0.6) is 5.75 Å². The highest BCUT2D eigenvalue weighted by Crippen LogP contribution is 2.28. The van der Waals surface area contributed by atoms with E-state index in [2.05, 4.69) is 32.9 Å². The third-order valence-corrected chi connectivity index (χ3v) is 6.34. The Morgan fingerprint density at radius 3 is 2.86 bits per heavy atom. The second kappa shape index (κ2) is 9.25. The maximum atomic E-state index is 12.7. The molecule has 154 valence electrons. The summed E-state index contributed by atoms with van der Waals surface area (Å²) in [6.45, 7) is 10.2. The zero-order chi connectivity index (χ0) is 19.3. The van der Waals surface area contributed by atoms with Gasteiger partial charge in [0.05, 0.1) is 25.9 Å². The van der Waals surface area contributed by atoms with Gasteiger partial charge in [-0.15, -0.1) is 0 Å². The van der Waals surface area contributed by atoms with Crippen molar-refractivity contribution < 1.29 is 14.3 Å². The van der Waals surface area contributed by atoms with Crippen LogP contribution in [0.2, 0.25) is 0 Å². The second-order valence-corrected chi connectivity index (χ2v) is 8.20. The van der Waals surface area contributed by atoms with Gasteiger partial charge in [0.2, 0.25) is 5.91 Å². The third-order valence-electron chi connectivity index (χ3n) is 6.34. The van der Waals surface area contributed by atoms with Crippen LogP contribution in [-0.2, 0) is 16.1 Å². The molecule has 2 atom stereocenters. The fraction of sp³-hybridized carbons (Fsp3) is 0.682. The van der Waals surface area contributed by atoms with Crippen LogP contribution in [0.3, 0.4) is 0 Å². The molecule has 0 radical (unpaired) electrons. The average molecular weight is 388 g/mol. The van der Waals surface area contributed by atoms with Crippen molar-refractivity contribution in [3.63, 3.8) is 0 Å². The monoisotopic (exact) mass is 387 g/mol. The van der Waals surface area contributed by atoms with Crippen molar-refractivity contribution in [2.45, 2.75) is 44.8 Å². The van der Waals surface area contributed by atoms with E-state index in [4.69, 9.17) is 9.47 Å². The zero-order valence-corrected chi connectivity index (χ0v) is 17.0. The minimum absolute atomic E-state index is 0.0521. The van der Waals surface area contributed by atoms with Crippen molar-refractivity contribution in [3.8, 4) is 5.75 Å². The molecule has 0 unspecified atom stereocenters. The van der Waals surface area contributed by atoms with Gasteiger partial charge in [-0.3, -0.25) is 14.6 Å². The molecule has 3 heterocycles. The van der Waals surface area contributed by atoms with Gasteiger partial charge in [0.1, 0.15) is 5.75 Å². The molecule has 3 saturated heterocycles. The van der Waals surface area contributed by atoms with Crippen molar-refractivity contribution in [2.75, 3.05) is 52.5 Å². The van der Waals surface area contributed by atoms with Gasteiger partial charge in [-0.1, -0.05) is 18.2 Å². The Morgan fingerprint density at radius 2 is 2.00 bits per heavy atom. The van der Waals surface area contributed by atoms with Gasteiger partial charge in [-0.25, -0.2) is 0 Å². The minimum Gasteiger partial charge on any atom is -0.493 e. The Hall–Kier alpha value is -1.63. The van der Waals surface area contributed by atoms with Crippen molar-refractivity contribution in [1.82, 2.24) is 14.7 Å². The third kappa shape index (κ3) is 4.50. The maximum Gasteiger partial charge on any atom is 0.239 e. The number of para-hydroxylation sites is 1. The fourth-order valence-corrected chi connectivity index (χ4v) is 4.63. The fourth-order valence-electron chi connectivity index (χ4n) is 4.63. The number of hydrogen-bond acceptors (Lipinski definition) is 5. The Labute approximate surface area is 168 Å². The second-order valence-electron chi connectivity index (χ2n) is 8.20. The number of amides is 1. The SMILES string of the molecule is C[C@H]1C(=O)N2CCC[C@H]2CN1Cc1ccccc1OCCCN1CCOCC1. The van der Waals surface area contributed by atoms with Gasteiger partial charge >= 0.3 is 0 Å². The lowest BCUT2D eigenvalue weighted by Gasteiger charge is -2.41. The van der Waals surface area contributed by atoms with Gasteiger partial charge in [-0.05, 0) is 32.3 Å². The molecule has 4 rings (SSSR count). The predicted molar refractivity (Wildman–Crippen MR) is 108 cm³/mol. The molecule has 1 aromatic carbocycles. The van der Waals surface area contributed by atoms with Gasteiger partial charge in [0.15, 0.2) is 0 Å². The molecule has 0 saturated carbocycles. The summed E-state index contributed by atoms with van der Waals surface area (Å²) in [6.07, 6.45) is 3.29. The summed E-state index contributed by atoms with van der Waals surface area (Å²) in [4.78, 5) is 19.5. The topological polar surface area (TPSA) is 45.2 Å². The molecule has 0 spiro atoms. The summed E-state index contributed by atoms with van der Waals surface area (Å²) in [5.74, 6) is 1.25. The van der Waals surface area contributed by atoms with E-state index in [1.54, 1.807) is 0 Å². The normalized spacial score (nSPS) is 26.5. The number of fused-ring (bicyclic) bond motifs is 1. The lowest BCUT2D eigenvalue weighted by Crippen LogP contribution is -2.58. The Morgan fingerprint density at radius 1 is 1.18 bits per heavy atom. The lowest BCUT2D eigenvalue weighted by atomic mass is 10.1. The van der Waals surface area contributed by atoms with Crippen molar-refractivity contribution in [1.29, 1.82) is 0 Å². The highest BCUT2D eigenvalue weighted by Gasteiger charge is 2.40. The first-order chi connectivity index (χ1) is 13.7. The molecule has 0 aromatic heterocycles. The van der Waals surface area contributed by atoms with Crippen LogP contribution in [-0.4, -0.2) is 85.2 Å². The number of carbonyl (C=O) groups excluding carboxylic acids is 1. The number of nitrogens with zero attached hydrogens (tertiary/aromatic N) is 3. The number of piperazine rings is 1. The molecule has 0 N–H and O–H groups in total. The standard InChI is InChI=1S/C22H33N3O3/c1-18-22(26)25-10-4-7-20(25)17-24(18)16-19-6-2-3-8-21(19)28-13-5-9-23-11-14-27-15-12-23/h2-3,6,8,18,20H,4-5,7,9-17H2,1H3/t18-,20-/m0/s1. The Bertz CT molecular complexity index is 662. The summed E-state index contributed by atoms with van der Waals surface area (Å²) >= 11 is 0. The van der Waals surface area contributed by atoms with Crippen molar-refractivity contribution >= 4 is 5.91 Å². The summed E-state index contributed by atoms with van der Waals surface area (Å²) in [6, 6.07) is 8.63. The molecule has 3 aliphatic heterocycles. The van der Waals surface area contributed by atoms with Gasteiger partial charge in [-0.2, -0.15) is 0 Å². The lowest BCUT2D eigenvalue weighted by molar-refractivity contribution is -0.143. The Balaban J connectivity index is 1.31. The molecule has 3 fully saturated rings. The van der Waals surface area contributed by atoms with E-state index in [1.807, 2.05) is 13.0 Å². The smallest absolute Gasteiger partial charge is 0.239 e. The molecule has 1 amide bonds. The molecule has 6 nitrogen and oxygen atoms in total. The molecule has 3 aliphatic rings. The van der Waals surface area contributed by atoms with Gasteiger partial charge < -0.3 is 14.4 Å². The zero-order valence-electron chi connectivity index (χ0n) is 17.0. The summed E-state index contributed by atoms with van der Waals surface area (Å²) in [5, 5.41) is 0. The van der Waals surface area contributed by atoms with Gasteiger partial charge in [0.25, 0.3) is 0 Å². The number of rotatable bonds is 7. The molecular weight excluding hydrogens is 354 g/mol. The van der Waals surface area contributed by atoms with E-state index < -0.39 is 0 Å². The number of carbonyl (C=O) groups is 1. The number of ether oxygens (including phenoxy) is 2. The highest BCUT2D eigenvalue weighted by atomic mass is 16.5. The van der Waals surface area contributed by atoms with E-state index in [-0.39, 0.29) is 11.9 Å². The first-order valence-electron chi connectivity index (χ1n) is 10.8. The van der Waals surface area contributed by atoms with Crippen LogP contribution in [0.4, 0.5) is 0 Å². The van der Waals surface area contributed by atoms with Crippen LogP contribution in [0.25, 0.3) is 0 Å². The highest BCUT2D eigenvalue weighted by molar-refractivity contribution is 5.83. The molecular formula is C22H33N3O3. The average Bonchev–Trinajstić information content (AvgIpc) is 3.20. The van der Waals surface area contributed by atoms with Crippen LogP contribution >= 0.6 is 0 Å². The Kier molecular flexibility index (Phi) is 6.50. The molecule has 1 aromatic rings. The number of morpholine rings is 1. The number of hydrogen-bond donors (Lipinski definition) is 0. The summed E-state index contributed by atoms with van der Waals surface area (Å²) in [7, 11) is 0. The van der Waals surface area contributed by atoms with Crippen LogP contribution in [0, 0.1) is 0 Å². The van der Waals surface area contributed by atoms with Crippen molar-refractivity contribution in [2.24, 2.45) is 0 Å². The summed E-state index contributed by atoms with van der Waals surface area (Å²) < 4.78 is 11.5. The molecule has 0 bridgehead atoms. The molecule has 28 heavy (non-hydrogen) atoms. The van der Waals surface area contributed by atoms with E-state index >= 15 is 0 Å². The largest absolute Gasteiger partial charge is 0.493 e. The minimum atomic E-state index is -0.0521. The number of benzene rings is 1. The van der Waals surface area contributed by atoms with Crippen LogP contribution < -0.4 is 4.74 Å². The van der Waals surface area contributed by atoms with E-state index in [1.165, 1.54) is 5.56 Å². The van der Waals surface area contributed by atoms with E-state index in [9.17, 15) is 4.79 Å². The summed E-state index contributed by atoms with van der Waals surface area (Å²) in [5.41, 5.74) is 1.18. The van der Waals surface area contributed by atoms with Crippen molar-refractivity contribution in [3.05, 3.63) is 29.8 Å². The van der Waals surface area contributed by atoms with Crippen LogP contribution in [0.1, 0.15) is 31.7 Å². The quantitative estimate of drug-likeness (QED) is 0.670. The van der Waals surface area contributed by atoms with Crippen LogP contribution in [0.15, 0.2) is 24.3 Å². The van der Waals surface area contributed by atoms with E-state index in [0.717, 1.165) is 84.1 Å². The maximum absolute atomic E-state index is 12.7. The predicted octanol–water partition coefficient (Wildman–Crippen LogP) is 1.98. The molecule has 6 heteroatoms. The van der Waals surface area contributed by atoms with Gasteiger partial charge in [0, 0.05) is 50.9 Å². The first kappa shape index (κ1) is 19.7. The van der Waals surface area contributed by atoms with E-state index in [0.29, 0.717) is 6.04 Å². The molecule has 0 aliphatic carbocycles. The first-order valence-corrected chi connectivity index (χ1v) is 10.8.